The second-order valence-electron chi connectivity index (χ2n) is 4.26. The van der Waals surface area contributed by atoms with Crippen molar-refractivity contribution in [3.05, 3.63) is 23.5 Å². The van der Waals surface area contributed by atoms with E-state index in [-0.39, 0.29) is 0 Å². The van der Waals surface area contributed by atoms with E-state index in [1.165, 1.54) is 32.1 Å². The van der Waals surface area contributed by atoms with Crippen molar-refractivity contribution < 1.29 is 4.74 Å². The molecule has 0 N–H and O–H groups in total. The van der Waals surface area contributed by atoms with Gasteiger partial charge in [0.15, 0.2) is 5.75 Å². The highest BCUT2D eigenvalue weighted by molar-refractivity contribution is 5.42. The van der Waals surface area contributed by atoms with Crippen molar-refractivity contribution in [3.8, 4) is 11.8 Å². The van der Waals surface area contributed by atoms with Crippen LogP contribution in [0.2, 0.25) is 0 Å². The molecule has 3 heteroatoms. The van der Waals surface area contributed by atoms with Gasteiger partial charge in [-0.15, -0.1) is 0 Å². The van der Waals surface area contributed by atoms with Crippen LogP contribution in [-0.2, 0) is 0 Å². The smallest absolute Gasteiger partial charge is 0.154 e. The molecule has 0 radical (unpaired) electrons. The summed E-state index contributed by atoms with van der Waals surface area (Å²) in [6, 6.07) is 4.04. The van der Waals surface area contributed by atoms with E-state index in [1.54, 1.807) is 13.3 Å². The Morgan fingerprint density at radius 3 is 2.75 bits per heavy atom. The third-order valence-corrected chi connectivity index (χ3v) is 3.25. The van der Waals surface area contributed by atoms with Gasteiger partial charge in [0.05, 0.1) is 18.9 Å². The highest BCUT2D eigenvalue weighted by atomic mass is 16.5. The molecule has 0 atom stereocenters. The molecule has 0 amide bonds. The van der Waals surface area contributed by atoms with Gasteiger partial charge in [0.1, 0.15) is 6.07 Å². The number of nitrogens with zero attached hydrogens (tertiary/aromatic N) is 2. The number of hydrogen-bond donors (Lipinski definition) is 0. The Morgan fingerprint density at radius 1 is 1.38 bits per heavy atom. The fourth-order valence-corrected chi connectivity index (χ4v) is 2.33. The standard InChI is InChI=1S/C13H16N2O/c1-16-13-9-15-12(7-11(13)8-14)10-5-3-2-4-6-10/h7,9-10H,2-6H2,1H3. The molecular formula is C13H16N2O. The maximum atomic E-state index is 9.01. The summed E-state index contributed by atoms with van der Waals surface area (Å²) in [4.78, 5) is 4.41. The van der Waals surface area contributed by atoms with E-state index in [4.69, 9.17) is 10.00 Å². The Labute approximate surface area is 96.1 Å². The molecule has 0 bridgehead atoms. The molecule has 84 valence electrons. The summed E-state index contributed by atoms with van der Waals surface area (Å²) in [7, 11) is 1.57. The van der Waals surface area contributed by atoms with Gasteiger partial charge in [0, 0.05) is 11.6 Å². The van der Waals surface area contributed by atoms with Crippen LogP contribution >= 0.6 is 0 Å². The van der Waals surface area contributed by atoms with E-state index >= 15 is 0 Å². The summed E-state index contributed by atoms with van der Waals surface area (Å²) in [6.07, 6.45) is 7.95. The van der Waals surface area contributed by atoms with Crippen molar-refractivity contribution in [2.24, 2.45) is 0 Å². The van der Waals surface area contributed by atoms with Crippen LogP contribution in [-0.4, -0.2) is 12.1 Å². The first-order valence-corrected chi connectivity index (χ1v) is 5.79. The third kappa shape index (κ3) is 2.16. The summed E-state index contributed by atoms with van der Waals surface area (Å²) < 4.78 is 5.09. The molecule has 2 rings (SSSR count). The molecule has 0 aromatic carbocycles. The zero-order chi connectivity index (χ0) is 11.4. The van der Waals surface area contributed by atoms with Gasteiger partial charge in [-0.2, -0.15) is 5.26 Å². The minimum Gasteiger partial charge on any atom is -0.494 e. The molecule has 0 spiro atoms. The molecule has 3 nitrogen and oxygen atoms in total. The number of methoxy groups -OCH3 is 1. The van der Waals surface area contributed by atoms with Gasteiger partial charge in [-0.3, -0.25) is 4.98 Å². The molecule has 1 aliphatic rings. The minimum atomic E-state index is 0.534. The maximum Gasteiger partial charge on any atom is 0.154 e. The van der Waals surface area contributed by atoms with Crippen molar-refractivity contribution in [2.45, 2.75) is 38.0 Å². The lowest BCUT2D eigenvalue weighted by atomic mass is 9.86. The zero-order valence-corrected chi connectivity index (χ0v) is 9.57. The lowest BCUT2D eigenvalue weighted by molar-refractivity contribution is 0.407. The number of hydrogen-bond acceptors (Lipinski definition) is 3. The number of nitriles is 1. The SMILES string of the molecule is COc1cnc(C2CCCCC2)cc1C#N. The van der Waals surface area contributed by atoms with Crippen molar-refractivity contribution in [1.29, 1.82) is 5.26 Å². The van der Waals surface area contributed by atoms with Gasteiger partial charge in [0.25, 0.3) is 0 Å². The first kappa shape index (κ1) is 10.9. The van der Waals surface area contributed by atoms with Crippen molar-refractivity contribution in [1.82, 2.24) is 4.98 Å². The van der Waals surface area contributed by atoms with Gasteiger partial charge in [-0.1, -0.05) is 19.3 Å². The highest BCUT2D eigenvalue weighted by Gasteiger charge is 2.18. The van der Waals surface area contributed by atoms with E-state index in [2.05, 4.69) is 11.1 Å². The molecular weight excluding hydrogens is 200 g/mol. The average molecular weight is 216 g/mol. The molecule has 1 heterocycles. The fourth-order valence-electron chi connectivity index (χ4n) is 2.33. The Hall–Kier alpha value is -1.56. The summed E-state index contributed by atoms with van der Waals surface area (Å²) in [5, 5.41) is 9.01. The Bertz CT molecular complexity index is 403. The number of aromatic nitrogens is 1. The number of rotatable bonds is 2. The van der Waals surface area contributed by atoms with Gasteiger partial charge in [-0.25, -0.2) is 0 Å². The molecule has 1 aromatic rings. The number of ether oxygens (including phenoxy) is 1. The lowest BCUT2D eigenvalue weighted by Crippen LogP contribution is -2.07. The Kier molecular flexibility index (Phi) is 3.40. The van der Waals surface area contributed by atoms with E-state index in [9.17, 15) is 0 Å². The lowest BCUT2D eigenvalue weighted by Gasteiger charge is -2.21. The van der Waals surface area contributed by atoms with Gasteiger partial charge in [-0.05, 0) is 18.9 Å². The van der Waals surface area contributed by atoms with Crippen LogP contribution in [0.1, 0.15) is 49.3 Å². The summed E-state index contributed by atoms with van der Waals surface area (Å²) in [5.74, 6) is 1.11. The van der Waals surface area contributed by atoms with Crippen LogP contribution in [0.3, 0.4) is 0 Å². The predicted octanol–water partition coefficient (Wildman–Crippen LogP) is 3.01. The fraction of sp³-hybridized carbons (Fsp3) is 0.538. The highest BCUT2D eigenvalue weighted by Crippen LogP contribution is 2.32. The molecule has 1 aliphatic carbocycles. The minimum absolute atomic E-state index is 0.534. The molecule has 1 saturated carbocycles. The first-order chi connectivity index (χ1) is 7.85. The van der Waals surface area contributed by atoms with Crippen LogP contribution in [0.15, 0.2) is 12.3 Å². The Morgan fingerprint density at radius 2 is 2.12 bits per heavy atom. The number of pyridine rings is 1. The van der Waals surface area contributed by atoms with Crippen LogP contribution in [0.5, 0.6) is 5.75 Å². The van der Waals surface area contributed by atoms with E-state index in [0.717, 1.165) is 5.69 Å². The monoisotopic (exact) mass is 216 g/mol. The topological polar surface area (TPSA) is 45.9 Å². The van der Waals surface area contributed by atoms with Crippen LogP contribution in [0.4, 0.5) is 0 Å². The van der Waals surface area contributed by atoms with Gasteiger partial charge >= 0.3 is 0 Å². The molecule has 0 saturated heterocycles. The van der Waals surface area contributed by atoms with Gasteiger partial charge in [0.2, 0.25) is 0 Å². The molecule has 1 fully saturated rings. The Balaban J connectivity index is 2.25. The summed E-state index contributed by atoms with van der Waals surface area (Å²) in [6.45, 7) is 0. The second-order valence-corrected chi connectivity index (χ2v) is 4.26. The first-order valence-electron chi connectivity index (χ1n) is 5.79. The van der Waals surface area contributed by atoms with Crippen LogP contribution in [0, 0.1) is 11.3 Å². The van der Waals surface area contributed by atoms with E-state index < -0.39 is 0 Å². The summed E-state index contributed by atoms with van der Waals surface area (Å²) in [5.41, 5.74) is 1.65. The molecule has 0 unspecified atom stereocenters. The van der Waals surface area contributed by atoms with Crippen molar-refractivity contribution in [2.75, 3.05) is 7.11 Å². The van der Waals surface area contributed by atoms with Crippen molar-refractivity contribution >= 4 is 0 Å². The normalized spacial score (nSPS) is 16.8. The van der Waals surface area contributed by atoms with E-state index in [0.29, 0.717) is 17.2 Å². The van der Waals surface area contributed by atoms with E-state index in [1.807, 2.05) is 6.07 Å². The van der Waals surface area contributed by atoms with Gasteiger partial charge < -0.3 is 4.74 Å². The third-order valence-electron chi connectivity index (χ3n) is 3.25. The average Bonchev–Trinajstić information content (AvgIpc) is 2.39. The molecule has 1 aromatic heterocycles. The summed E-state index contributed by atoms with van der Waals surface area (Å²) >= 11 is 0. The maximum absolute atomic E-state index is 9.01. The largest absolute Gasteiger partial charge is 0.494 e. The zero-order valence-electron chi connectivity index (χ0n) is 9.57. The molecule has 16 heavy (non-hydrogen) atoms. The molecule has 0 aliphatic heterocycles. The van der Waals surface area contributed by atoms with Crippen LogP contribution in [0.25, 0.3) is 0 Å². The second kappa shape index (κ2) is 4.98. The predicted molar refractivity (Wildman–Crippen MR) is 61.3 cm³/mol. The van der Waals surface area contributed by atoms with Crippen molar-refractivity contribution in [3.63, 3.8) is 0 Å². The van der Waals surface area contributed by atoms with Crippen LogP contribution < -0.4 is 4.74 Å². The quantitative estimate of drug-likeness (QED) is 0.763.